The van der Waals surface area contributed by atoms with Crippen LogP contribution in [0.1, 0.15) is 19.3 Å². The molecule has 0 radical (unpaired) electrons. The average molecular weight is 505 g/mol. The van der Waals surface area contributed by atoms with Gasteiger partial charge in [0.2, 0.25) is 5.75 Å². The molecule has 190 valence electrons. The molecule has 0 bridgehead atoms. The van der Waals surface area contributed by atoms with Gasteiger partial charge in [-0.15, -0.1) is 0 Å². The fourth-order valence-corrected chi connectivity index (χ4v) is 5.36. The van der Waals surface area contributed by atoms with Crippen molar-refractivity contribution >= 4 is 32.5 Å². The quantitative estimate of drug-likeness (QED) is 0.380. The molecule has 3 rings (SSSR count). The largest absolute Gasteiger partial charge is 0.493 e. The lowest BCUT2D eigenvalue weighted by molar-refractivity contribution is -0.118. The molecule has 1 amide bonds. The summed E-state index contributed by atoms with van der Waals surface area (Å²) in [6.45, 7) is 0.451. The lowest BCUT2D eigenvalue weighted by atomic mass is 10.1. The first-order valence-electron chi connectivity index (χ1n) is 11.1. The predicted molar refractivity (Wildman–Crippen MR) is 135 cm³/mol. The standard InChI is InChI=1S/C24H32N4O6S/c1-27-12-10-16-13-18(8-9-20(16)27)35(30,31)28(24(29)19(26)7-5-6-11-25)17-14-21(32-2)23(34-4)22(15-17)33-3/h8-10,12-15,19H,5-7,11,25-26H2,1-4H3. The number of carbonyl (C=O) groups is 1. The van der Waals surface area contributed by atoms with Gasteiger partial charge < -0.3 is 30.2 Å². The number of rotatable bonds is 11. The summed E-state index contributed by atoms with van der Waals surface area (Å²) in [6.07, 6.45) is 3.37. The Labute approximate surface area is 205 Å². The number of ether oxygens (including phenoxy) is 3. The van der Waals surface area contributed by atoms with Crippen LogP contribution in [0.25, 0.3) is 10.9 Å². The van der Waals surface area contributed by atoms with Crippen molar-refractivity contribution in [3.05, 3.63) is 42.6 Å². The zero-order chi connectivity index (χ0) is 25.8. The number of benzene rings is 2. The number of carbonyl (C=O) groups excluding carboxylic acids is 1. The number of nitrogens with zero attached hydrogens (tertiary/aromatic N) is 2. The van der Waals surface area contributed by atoms with Gasteiger partial charge >= 0.3 is 0 Å². The number of hydrogen-bond donors (Lipinski definition) is 2. The highest BCUT2D eigenvalue weighted by molar-refractivity contribution is 7.93. The maximum atomic E-state index is 13.9. The van der Waals surface area contributed by atoms with Gasteiger partial charge in [-0.3, -0.25) is 4.79 Å². The summed E-state index contributed by atoms with van der Waals surface area (Å²) >= 11 is 0. The summed E-state index contributed by atoms with van der Waals surface area (Å²) in [5.41, 5.74) is 12.6. The first-order chi connectivity index (χ1) is 16.7. The highest BCUT2D eigenvalue weighted by Crippen LogP contribution is 2.42. The number of nitrogens with two attached hydrogens (primary N) is 2. The van der Waals surface area contributed by atoms with E-state index in [1.165, 1.54) is 45.6 Å². The van der Waals surface area contributed by atoms with E-state index in [1.54, 1.807) is 12.1 Å². The highest BCUT2D eigenvalue weighted by atomic mass is 32.2. The Morgan fingerprint density at radius 2 is 1.69 bits per heavy atom. The van der Waals surface area contributed by atoms with Crippen molar-refractivity contribution in [3.8, 4) is 17.2 Å². The number of unbranched alkanes of at least 4 members (excludes halogenated alkanes) is 1. The molecule has 0 fully saturated rings. The zero-order valence-electron chi connectivity index (χ0n) is 20.4. The lowest BCUT2D eigenvalue weighted by Gasteiger charge is -2.27. The second kappa shape index (κ2) is 11.0. The maximum absolute atomic E-state index is 13.9. The van der Waals surface area contributed by atoms with E-state index in [-0.39, 0.29) is 34.3 Å². The number of amides is 1. The molecule has 0 saturated heterocycles. The van der Waals surface area contributed by atoms with Gasteiger partial charge in [0.15, 0.2) is 11.5 Å². The number of sulfonamides is 1. The molecule has 4 N–H and O–H groups in total. The van der Waals surface area contributed by atoms with Crippen LogP contribution in [0, 0.1) is 0 Å². The summed E-state index contributed by atoms with van der Waals surface area (Å²) in [5, 5.41) is 0.720. The second-order valence-corrected chi connectivity index (χ2v) is 9.82. The van der Waals surface area contributed by atoms with Crippen molar-refractivity contribution in [2.24, 2.45) is 18.5 Å². The van der Waals surface area contributed by atoms with E-state index < -0.39 is 22.0 Å². The van der Waals surface area contributed by atoms with E-state index in [2.05, 4.69) is 0 Å². The second-order valence-electron chi connectivity index (χ2n) is 8.03. The van der Waals surface area contributed by atoms with Crippen LogP contribution in [0.5, 0.6) is 17.2 Å². The number of aryl methyl sites for hydroxylation is 1. The molecular formula is C24H32N4O6S. The van der Waals surface area contributed by atoms with E-state index in [1.807, 2.05) is 17.8 Å². The number of fused-ring (bicyclic) bond motifs is 1. The first kappa shape index (κ1) is 26.3. The maximum Gasteiger partial charge on any atom is 0.270 e. The minimum atomic E-state index is -4.36. The molecule has 1 aromatic heterocycles. The van der Waals surface area contributed by atoms with Gasteiger partial charge in [0.25, 0.3) is 15.9 Å². The summed E-state index contributed by atoms with van der Waals surface area (Å²) < 4.78 is 46.5. The Bertz CT molecular complexity index is 1280. The summed E-state index contributed by atoms with van der Waals surface area (Å²) in [6, 6.07) is 8.25. The molecule has 2 aromatic carbocycles. The van der Waals surface area contributed by atoms with Crippen LogP contribution in [-0.2, 0) is 21.9 Å². The van der Waals surface area contributed by atoms with Gasteiger partial charge in [-0.25, -0.2) is 12.7 Å². The smallest absolute Gasteiger partial charge is 0.270 e. The predicted octanol–water partition coefficient (Wildman–Crippen LogP) is 2.38. The zero-order valence-corrected chi connectivity index (χ0v) is 21.2. The molecule has 0 saturated carbocycles. The fourth-order valence-electron chi connectivity index (χ4n) is 3.88. The van der Waals surface area contributed by atoms with Crippen molar-refractivity contribution in [1.82, 2.24) is 4.57 Å². The van der Waals surface area contributed by atoms with E-state index in [9.17, 15) is 13.2 Å². The van der Waals surface area contributed by atoms with Gasteiger partial charge in [0.05, 0.1) is 38.0 Å². The van der Waals surface area contributed by atoms with E-state index >= 15 is 0 Å². The normalized spacial score (nSPS) is 12.4. The van der Waals surface area contributed by atoms with Gasteiger partial charge in [-0.1, -0.05) is 6.42 Å². The monoisotopic (exact) mass is 504 g/mol. The topological polar surface area (TPSA) is 139 Å². The van der Waals surface area contributed by atoms with E-state index in [4.69, 9.17) is 25.7 Å². The number of methoxy groups -OCH3 is 3. The van der Waals surface area contributed by atoms with Gasteiger partial charge in [-0.05, 0) is 43.7 Å². The van der Waals surface area contributed by atoms with Gasteiger partial charge in [-0.2, -0.15) is 0 Å². The van der Waals surface area contributed by atoms with Gasteiger partial charge in [0, 0.05) is 36.3 Å². The van der Waals surface area contributed by atoms with Crippen LogP contribution in [0.3, 0.4) is 0 Å². The summed E-state index contributed by atoms with van der Waals surface area (Å²) in [4.78, 5) is 13.5. The number of aromatic nitrogens is 1. The average Bonchev–Trinajstić information content (AvgIpc) is 3.23. The third-order valence-electron chi connectivity index (χ3n) is 5.77. The number of hydrogen-bond acceptors (Lipinski definition) is 8. The Hall–Kier alpha value is -3.28. The summed E-state index contributed by atoms with van der Waals surface area (Å²) in [7, 11) is 1.75. The van der Waals surface area contributed by atoms with Crippen LogP contribution in [-0.4, -0.2) is 52.8 Å². The van der Waals surface area contributed by atoms with E-state index in [0.29, 0.717) is 23.7 Å². The number of anilines is 1. The molecule has 11 heteroatoms. The Balaban J connectivity index is 2.18. The molecule has 0 aliphatic carbocycles. The molecule has 1 atom stereocenters. The molecular weight excluding hydrogens is 472 g/mol. The molecule has 0 spiro atoms. The molecule has 3 aromatic rings. The molecule has 1 heterocycles. The van der Waals surface area contributed by atoms with Crippen molar-refractivity contribution in [1.29, 1.82) is 0 Å². The van der Waals surface area contributed by atoms with Crippen molar-refractivity contribution in [2.75, 3.05) is 32.2 Å². The Morgan fingerprint density at radius 3 is 2.26 bits per heavy atom. The molecule has 35 heavy (non-hydrogen) atoms. The third-order valence-corrected chi connectivity index (χ3v) is 7.49. The first-order valence-corrected chi connectivity index (χ1v) is 12.5. The lowest BCUT2D eigenvalue weighted by Crippen LogP contribution is -2.47. The van der Waals surface area contributed by atoms with Crippen molar-refractivity contribution < 1.29 is 27.4 Å². The van der Waals surface area contributed by atoms with E-state index in [0.717, 1.165) is 10.9 Å². The minimum absolute atomic E-state index is 0.0203. The Morgan fingerprint density at radius 1 is 1.03 bits per heavy atom. The van der Waals surface area contributed by atoms with Crippen LogP contribution >= 0.6 is 0 Å². The molecule has 1 unspecified atom stereocenters. The van der Waals surface area contributed by atoms with Crippen LogP contribution < -0.4 is 30.0 Å². The third kappa shape index (κ3) is 5.21. The SMILES string of the molecule is COc1cc(N(C(=O)C(N)CCCCN)S(=O)(=O)c2ccc3c(ccn3C)c2)cc(OC)c1OC. The highest BCUT2D eigenvalue weighted by Gasteiger charge is 2.35. The Kier molecular flexibility index (Phi) is 8.26. The molecule has 0 aliphatic heterocycles. The fraction of sp³-hybridized carbons (Fsp3) is 0.375. The van der Waals surface area contributed by atoms with Crippen LogP contribution in [0.4, 0.5) is 5.69 Å². The van der Waals surface area contributed by atoms with Crippen molar-refractivity contribution in [2.45, 2.75) is 30.2 Å². The van der Waals surface area contributed by atoms with Crippen LogP contribution in [0.2, 0.25) is 0 Å². The molecule has 0 aliphatic rings. The van der Waals surface area contributed by atoms with Crippen molar-refractivity contribution in [3.63, 3.8) is 0 Å². The van der Waals surface area contributed by atoms with Gasteiger partial charge in [0.1, 0.15) is 0 Å². The minimum Gasteiger partial charge on any atom is -0.493 e. The van der Waals surface area contributed by atoms with Crippen LogP contribution in [0.15, 0.2) is 47.5 Å². The summed E-state index contributed by atoms with van der Waals surface area (Å²) in [5.74, 6) is -0.110. The molecule has 10 nitrogen and oxygen atoms in total.